The van der Waals surface area contributed by atoms with Crippen molar-refractivity contribution in [2.24, 2.45) is 5.73 Å². The lowest BCUT2D eigenvalue weighted by molar-refractivity contribution is -0.114. The fourth-order valence-corrected chi connectivity index (χ4v) is 0.997. The third kappa shape index (κ3) is 2.78. The van der Waals surface area contributed by atoms with Gasteiger partial charge in [-0.25, -0.2) is 0 Å². The minimum atomic E-state index is -0.428. The molecule has 68 valence electrons. The van der Waals surface area contributed by atoms with Crippen molar-refractivity contribution in [2.45, 2.75) is 20.3 Å². The standard InChI is InChI=1S/C9H16N2O/c1-4-7(9(10)12)8(5-2)11-6-3/h4,11H,1,5-6H2,2-3H3,(H2,10,12)/b8-7-. The van der Waals surface area contributed by atoms with Crippen molar-refractivity contribution in [2.75, 3.05) is 6.54 Å². The van der Waals surface area contributed by atoms with Crippen LogP contribution < -0.4 is 11.1 Å². The highest BCUT2D eigenvalue weighted by atomic mass is 16.1. The maximum atomic E-state index is 10.9. The molecule has 0 saturated carbocycles. The predicted molar refractivity (Wildman–Crippen MR) is 50.4 cm³/mol. The third-order valence-corrected chi connectivity index (χ3v) is 1.54. The van der Waals surface area contributed by atoms with Crippen LogP contribution in [-0.4, -0.2) is 12.5 Å². The quantitative estimate of drug-likeness (QED) is 0.474. The van der Waals surface area contributed by atoms with Crippen LogP contribution in [0.1, 0.15) is 20.3 Å². The van der Waals surface area contributed by atoms with Gasteiger partial charge in [-0.3, -0.25) is 4.79 Å². The summed E-state index contributed by atoms with van der Waals surface area (Å²) < 4.78 is 0. The van der Waals surface area contributed by atoms with Gasteiger partial charge in [0.1, 0.15) is 0 Å². The summed E-state index contributed by atoms with van der Waals surface area (Å²) in [7, 11) is 0. The van der Waals surface area contributed by atoms with Gasteiger partial charge in [-0.15, -0.1) is 0 Å². The molecule has 3 N–H and O–H groups in total. The van der Waals surface area contributed by atoms with Gasteiger partial charge in [-0.05, 0) is 13.3 Å². The van der Waals surface area contributed by atoms with E-state index in [1.165, 1.54) is 6.08 Å². The summed E-state index contributed by atoms with van der Waals surface area (Å²) in [6.45, 7) is 8.25. The van der Waals surface area contributed by atoms with E-state index in [4.69, 9.17) is 5.73 Å². The van der Waals surface area contributed by atoms with E-state index in [0.29, 0.717) is 5.57 Å². The van der Waals surface area contributed by atoms with Crippen LogP contribution in [0, 0.1) is 0 Å². The third-order valence-electron chi connectivity index (χ3n) is 1.54. The normalized spacial score (nSPS) is 11.8. The van der Waals surface area contributed by atoms with Crippen molar-refractivity contribution in [3.63, 3.8) is 0 Å². The molecule has 0 aromatic heterocycles. The van der Waals surface area contributed by atoms with Crippen LogP contribution in [0.3, 0.4) is 0 Å². The van der Waals surface area contributed by atoms with Gasteiger partial charge in [-0.1, -0.05) is 19.6 Å². The van der Waals surface area contributed by atoms with Gasteiger partial charge in [0.05, 0.1) is 5.57 Å². The van der Waals surface area contributed by atoms with Crippen LogP contribution >= 0.6 is 0 Å². The van der Waals surface area contributed by atoms with Gasteiger partial charge in [0.2, 0.25) is 5.91 Å². The Morgan fingerprint density at radius 2 is 2.17 bits per heavy atom. The average molecular weight is 168 g/mol. The van der Waals surface area contributed by atoms with Crippen molar-refractivity contribution in [3.8, 4) is 0 Å². The van der Waals surface area contributed by atoms with Crippen LogP contribution in [0.5, 0.6) is 0 Å². The summed E-state index contributed by atoms with van der Waals surface area (Å²) in [4.78, 5) is 10.9. The van der Waals surface area contributed by atoms with Crippen molar-refractivity contribution < 1.29 is 4.79 Å². The minimum absolute atomic E-state index is 0.428. The number of allylic oxidation sites excluding steroid dienone is 1. The minimum Gasteiger partial charge on any atom is -0.388 e. The molecule has 0 radical (unpaired) electrons. The number of rotatable bonds is 5. The molecule has 0 heterocycles. The molecule has 12 heavy (non-hydrogen) atoms. The molecule has 0 spiro atoms. The molecule has 0 aliphatic rings. The number of primary amides is 1. The van der Waals surface area contributed by atoms with Crippen molar-refractivity contribution >= 4 is 5.91 Å². The first-order valence-electron chi connectivity index (χ1n) is 4.06. The van der Waals surface area contributed by atoms with E-state index in [0.717, 1.165) is 18.7 Å². The fourth-order valence-electron chi connectivity index (χ4n) is 0.997. The van der Waals surface area contributed by atoms with Gasteiger partial charge in [0.15, 0.2) is 0 Å². The summed E-state index contributed by atoms with van der Waals surface area (Å²) in [5, 5.41) is 3.07. The summed E-state index contributed by atoms with van der Waals surface area (Å²) in [6.07, 6.45) is 2.25. The average Bonchev–Trinajstić information content (AvgIpc) is 2.03. The van der Waals surface area contributed by atoms with Gasteiger partial charge in [-0.2, -0.15) is 0 Å². The lowest BCUT2D eigenvalue weighted by Gasteiger charge is -2.09. The van der Waals surface area contributed by atoms with E-state index < -0.39 is 5.91 Å². The Hall–Kier alpha value is -1.25. The largest absolute Gasteiger partial charge is 0.388 e. The number of hydrogen-bond acceptors (Lipinski definition) is 2. The van der Waals surface area contributed by atoms with Gasteiger partial charge < -0.3 is 11.1 Å². The highest BCUT2D eigenvalue weighted by Crippen LogP contribution is 2.05. The van der Waals surface area contributed by atoms with Gasteiger partial charge in [0.25, 0.3) is 0 Å². The molecule has 0 rings (SSSR count). The van der Waals surface area contributed by atoms with Crippen LogP contribution in [0.4, 0.5) is 0 Å². The Kier molecular flexibility index (Phi) is 4.84. The zero-order valence-electron chi connectivity index (χ0n) is 7.68. The second kappa shape index (κ2) is 5.41. The molecule has 0 atom stereocenters. The second-order valence-corrected chi connectivity index (χ2v) is 2.34. The number of carbonyl (C=O) groups excluding carboxylic acids is 1. The molecule has 3 nitrogen and oxygen atoms in total. The molecule has 1 amide bonds. The van der Waals surface area contributed by atoms with Crippen molar-refractivity contribution in [1.29, 1.82) is 0 Å². The SMILES string of the molecule is C=C/C(C(N)=O)=C(\CC)NCC. The lowest BCUT2D eigenvalue weighted by Crippen LogP contribution is -2.21. The van der Waals surface area contributed by atoms with Crippen LogP contribution in [0.15, 0.2) is 23.9 Å². The Morgan fingerprint density at radius 1 is 1.58 bits per heavy atom. The van der Waals surface area contributed by atoms with E-state index in [1.54, 1.807) is 0 Å². The van der Waals surface area contributed by atoms with Crippen LogP contribution in [0.2, 0.25) is 0 Å². The number of nitrogens with one attached hydrogen (secondary N) is 1. The summed E-state index contributed by atoms with van der Waals surface area (Å²) >= 11 is 0. The van der Waals surface area contributed by atoms with Crippen molar-refractivity contribution in [1.82, 2.24) is 5.32 Å². The molecule has 3 heteroatoms. The topological polar surface area (TPSA) is 55.1 Å². The molecule has 0 aliphatic heterocycles. The van der Waals surface area contributed by atoms with E-state index >= 15 is 0 Å². The van der Waals surface area contributed by atoms with Crippen LogP contribution in [-0.2, 0) is 4.79 Å². The first-order valence-corrected chi connectivity index (χ1v) is 4.06. The summed E-state index contributed by atoms with van der Waals surface area (Å²) in [6, 6.07) is 0. The number of amides is 1. The first kappa shape index (κ1) is 10.8. The maximum Gasteiger partial charge on any atom is 0.250 e. The van der Waals surface area contributed by atoms with Gasteiger partial charge >= 0.3 is 0 Å². The van der Waals surface area contributed by atoms with E-state index in [1.807, 2.05) is 13.8 Å². The molecule has 0 aliphatic carbocycles. The molecule has 0 unspecified atom stereocenters. The van der Waals surface area contributed by atoms with Crippen molar-refractivity contribution in [3.05, 3.63) is 23.9 Å². The highest BCUT2D eigenvalue weighted by Gasteiger charge is 2.05. The fraction of sp³-hybridized carbons (Fsp3) is 0.444. The molecule has 0 aromatic carbocycles. The molecule has 0 aromatic rings. The highest BCUT2D eigenvalue weighted by molar-refractivity contribution is 5.95. The Labute approximate surface area is 73.3 Å². The molecular formula is C9H16N2O. The van der Waals surface area contributed by atoms with E-state index in [-0.39, 0.29) is 0 Å². The maximum absolute atomic E-state index is 10.9. The number of hydrogen-bond donors (Lipinski definition) is 2. The number of carbonyl (C=O) groups is 1. The van der Waals surface area contributed by atoms with Gasteiger partial charge in [0, 0.05) is 12.2 Å². The van der Waals surface area contributed by atoms with E-state index in [2.05, 4.69) is 11.9 Å². The second-order valence-electron chi connectivity index (χ2n) is 2.34. The van der Waals surface area contributed by atoms with Crippen LogP contribution in [0.25, 0.3) is 0 Å². The zero-order valence-corrected chi connectivity index (χ0v) is 7.68. The monoisotopic (exact) mass is 168 g/mol. The summed E-state index contributed by atoms with van der Waals surface area (Å²) in [5.74, 6) is -0.428. The molecular weight excluding hydrogens is 152 g/mol. The zero-order chi connectivity index (χ0) is 9.56. The smallest absolute Gasteiger partial charge is 0.250 e. The Morgan fingerprint density at radius 3 is 2.42 bits per heavy atom. The predicted octanol–water partition coefficient (Wildman–Crippen LogP) is 0.931. The summed E-state index contributed by atoms with van der Waals surface area (Å²) in [5.41, 5.74) is 6.49. The lowest BCUT2D eigenvalue weighted by atomic mass is 10.1. The molecule has 0 saturated heterocycles. The first-order chi connectivity index (χ1) is 5.67. The Balaban J connectivity index is 4.73. The number of nitrogens with two attached hydrogens (primary N) is 1. The molecule has 0 fully saturated rings. The molecule has 0 bridgehead atoms. The Bertz CT molecular complexity index is 207. The van der Waals surface area contributed by atoms with E-state index in [9.17, 15) is 4.79 Å².